The molecule has 2 nitrogen and oxygen atoms in total. The van der Waals surface area contributed by atoms with Crippen molar-refractivity contribution in [3.8, 4) is 0 Å². The highest BCUT2D eigenvalue weighted by molar-refractivity contribution is 5.43. The van der Waals surface area contributed by atoms with Crippen molar-refractivity contribution in [3.05, 3.63) is 30.3 Å². The summed E-state index contributed by atoms with van der Waals surface area (Å²) >= 11 is 0. The first-order valence-electron chi connectivity index (χ1n) is 5.41. The minimum Gasteiger partial charge on any atom is -0.381 e. The third kappa shape index (κ3) is 2.26. The van der Waals surface area contributed by atoms with E-state index in [1.54, 1.807) is 0 Å². The van der Waals surface area contributed by atoms with Gasteiger partial charge in [-0.15, -0.1) is 0 Å². The molecule has 1 aromatic rings. The molecule has 1 aliphatic heterocycles. The molecule has 14 heavy (non-hydrogen) atoms. The Morgan fingerprint density at radius 3 is 2.79 bits per heavy atom. The summed E-state index contributed by atoms with van der Waals surface area (Å²) in [6, 6.07) is 11.6. The number of nitrogens with one attached hydrogen (secondary N) is 2. The Morgan fingerprint density at radius 2 is 2.14 bits per heavy atom. The lowest BCUT2D eigenvalue weighted by molar-refractivity contribution is 0.538. The van der Waals surface area contributed by atoms with Crippen LogP contribution >= 0.6 is 0 Å². The zero-order valence-corrected chi connectivity index (χ0v) is 8.66. The monoisotopic (exact) mass is 190 g/mol. The van der Waals surface area contributed by atoms with E-state index in [9.17, 15) is 0 Å². The largest absolute Gasteiger partial charge is 0.381 e. The van der Waals surface area contributed by atoms with E-state index in [0.717, 1.165) is 0 Å². The normalized spacial score (nSPS) is 23.4. The highest BCUT2D eigenvalue weighted by Gasteiger charge is 2.20. The van der Waals surface area contributed by atoms with Crippen LogP contribution in [0.25, 0.3) is 0 Å². The fraction of sp³-hybridized carbons (Fsp3) is 0.500. The summed E-state index contributed by atoms with van der Waals surface area (Å²) in [5.41, 5.74) is 1.22. The fourth-order valence-corrected chi connectivity index (χ4v) is 2.04. The van der Waals surface area contributed by atoms with Crippen molar-refractivity contribution in [1.29, 1.82) is 0 Å². The van der Waals surface area contributed by atoms with Gasteiger partial charge in [0.1, 0.15) is 0 Å². The minimum absolute atomic E-state index is 0.514. The second-order valence-electron chi connectivity index (χ2n) is 4.00. The quantitative estimate of drug-likeness (QED) is 0.764. The average molecular weight is 190 g/mol. The summed E-state index contributed by atoms with van der Waals surface area (Å²) in [6.07, 6.45) is 2.60. The molecule has 0 unspecified atom stereocenters. The summed E-state index contributed by atoms with van der Waals surface area (Å²) in [5.74, 6) is 0. The lowest BCUT2D eigenvalue weighted by Crippen LogP contribution is -2.37. The van der Waals surface area contributed by atoms with Crippen molar-refractivity contribution >= 4 is 5.69 Å². The van der Waals surface area contributed by atoms with Crippen LogP contribution in [0, 0.1) is 0 Å². The van der Waals surface area contributed by atoms with E-state index in [1.807, 2.05) is 6.07 Å². The van der Waals surface area contributed by atoms with Crippen LogP contribution in [0.2, 0.25) is 0 Å². The van der Waals surface area contributed by atoms with Gasteiger partial charge in [-0.2, -0.15) is 0 Å². The topological polar surface area (TPSA) is 24.1 Å². The number of rotatable bonds is 3. The number of benzene rings is 1. The van der Waals surface area contributed by atoms with Crippen molar-refractivity contribution in [1.82, 2.24) is 5.32 Å². The predicted molar refractivity (Wildman–Crippen MR) is 60.6 cm³/mol. The lowest BCUT2D eigenvalue weighted by atomic mass is 10.1. The molecule has 0 aromatic heterocycles. The fourth-order valence-electron chi connectivity index (χ4n) is 2.04. The van der Waals surface area contributed by atoms with Gasteiger partial charge in [-0.25, -0.2) is 0 Å². The maximum absolute atomic E-state index is 3.52. The molecule has 0 spiro atoms. The van der Waals surface area contributed by atoms with E-state index in [4.69, 9.17) is 0 Å². The maximum Gasteiger partial charge on any atom is 0.0386 e. The van der Waals surface area contributed by atoms with Gasteiger partial charge in [0.15, 0.2) is 0 Å². The first-order chi connectivity index (χ1) is 6.86. The molecule has 0 saturated carbocycles. The van der Waals surface area contributed by atoms with Crippen molar-refractivity contribution in [3.63, 3.8) is 0 Å². The SMILES string of the molecule is C[C@H](Nc1ccccc1)[C@H]1CCCN1. The molecule has 0 aliphatic carbocycles. The Kier molecular flexibility index (Phi) is 3.04. The highest BCUT2D eigenvalue weighted by Crippen LogP contribution is 2.14. The van der Waals surface area contributed by atoms with Gasteiger partial charge >= 0.3 is 0 Å². The third-order valence-electron chi connectivity index (χ3n) is 2.87. The van der Waals surface area contributed by atoms with Crippen molar-refractivity contribution in [2.24, 2.45) is 0 Å². The summed E-state index contributed by atoms with van der Waals surface area (Å²) in [5, 5.41) is 7.04. The van der Waals surface area contributed by atoms with E-state index in [1.165, 1.54) is 25.1 Å². The second-order valence-corrected chi connectivity index (χ2v) is 4.00. The summed E-state index contributed by atoms with van der Waals surface area (Å²) in [6.45, 7) is 3.42. The van der Waals surface area contributed by atoms with Gasteiger partial charge < -0.3 is 10.6 Å². The summed E-state index contributed by atoms with van der Waals surface area (Å²) in [7, 11) is 0. The molecule has 1 saturated heterocycles. The van der Waals surface area contributed by atoms with Crippen LogP contribution in [0.15, 0.2) is 30.3 Å². The zero-order chi connectivity index (χ0) is 9.80. The average Bonchev–Trinajstić information content (AvgIpc) is 2.72. The molecule has 1 aliphatic rings. The molecule has 2 rings (SSSR count). The standard InChI is InChI=1S/C12H18N2/c1-10(12-8-5-9-13-12)14-11-6-3-2-4-7-11/h2-4,6-7,10,12-14H,5,8-9H2,1H3/t10-,12+/m0/s1. The Bertz CT molecular complexity index is 265. The molecule has 2 heteroatoms. The lowest BCUT2D eigenvalue weighted by Gasteiger charge is -2.21. The first-order valence-corrected chi connectivity index (χ1v) is 5.41. The molecule has 0 radical (unpaired) electrons. The van der Waals surface area contributed by atoms with Gasteiger partial charge in [0, 0.05) is 17.8 Å². The van der Waals surface area contributed by atoms with Gasteiger partial charge in [-0.3, -0.25) is 0 Å². The Morgan fingerprint density at radius 1 is 1.36 bits per heavy atom. The van der Waals surface area contributed by atoms with Gasteiger partial charge in [-0.05, 0) is 38.4 Å². The first kappa shape index (κ1) is 9.53. The molecule has 1 fully saturated rings. The molecule has 1 heterocycles. The van der Waals surface area contributed by atoms with E-state index >= 15 is 0 Å². The molecular formula is C12H18N2. The van der Waals surface area contributed by atoms with Gasteiger partial charge in [0.25, 0.3) is 0 Å². The second kappa shape index (κ2) is 4.47. The summed E-state index contributed by atoms with van der Waals surface area (Å²) in [4.78, 5) is 0. The smallest absolute Gasteiger partial charge is 0.0386 e. The molecular weight excluding hydrogens is 172 g/mol. The molecule has 1 aromatic carbocycles. The molecule has 0 bridgehead atoms. The minimum atomic E-state index is 0.514. The van der Waals surface area contributed by atoms with Crippen LogP contribution in [-0.2, 0) is 0 Å². The number of anilines is 1. The zero-order valence-electron chi connectivity index (χ0n) is 8.66. The van der Waals surface area contributed by atoms with Crippen LogP contribution in [0.3, 0.4) is 0 Å². The van der Waals surface area contributed by atoms with Crippen LogP contribution < -0.4 is 10.6 Å². The molecule has 2 atom stereocenters. The van der Waals surface area contributed by atoms with Gasteiger partial charge in [0.05, 0.1) is 0 Å². The van der Waals surface area contributed by atoms with Crippen LogP contribution in [0.1, 0.15) is 19.8 Å². The van der Waals surface area contributed by atoms with E-state index < -0.39 is 0 Å². The number of hydrogen-bond donors (Lipinski definition) is 2. The Balaban J connectivity index is 1.90. The van der Waals surface area contributed by atoms with Crippen molar-refractivity contribution < 1.29 is 0 Å². The number of hydrogen-bond acceptors (Lipinski definition) is 2. The van der Waals surface area contributed by atoms with Crippen LogP contribution in [0.5, 0.6) is 0 Å². The molecule has 2 N–H and O–H groups in total. The van der Waals surface area contributed by atoms with E-state index in [0.29, 0.717) is 12.1 Å². The third-order valence-corrected chi connectivity index (χ3v) is 2.87. The number of para-hydroxylation sites is 1. The molecule has 0 amide bonds. The predicted octanol–water partition coefficient (Wildman–Crippen LogP) is 2.24. The van der Waals surface area contributed by atoms with Gasteiger partial charge in [0.2, 0.25) is 0 Å². The van der Waals surface area contributed by atoms with Crippen LogP contribution in [-0.4, -0.2) is 18.6 Å². The van der Waals surface area contributed by atoms with Gasteiger partial charge in [-0.1, -0.05) is 18.2 Å². The van der Waals surface area contributed by atoms with E-state index in [-0.39, 0.29) is 0 Å². The Labute approximate surface area is 85.7 Å². The van der Waals surface area contributed by atoms with E-state index in [2.05, 4.69) is 41.8 Å². The molecule has 76 valence electrons. The van der Waals surface area contributed by atoms with Crippen molar-refractivity contribution in [2.45, 2.75) is 31.8 Å². The summed E-state index contributed by atoms with van der Waals surface area (Å²) < 4.78 is 0. The maximum atomic E-state index is 3.52. The highest BCUT2D eigenvalue weighted by atomic mass is 15.0. The van der Waals surface area contributed by atoms with Crippen molar-refractivity contribution in [2.75, 3.05) is 11.9 Å². The van der Waals surface area contributed by atoms with Crippen LogP contribution in [0.4, 0.5) is 5.69 Å². The Hall–Kier alpha value is -1.02.